The second-order valence-electron chi connectivity index (χ2n) is 4.26. The van der Waals surface area contributed by atoms with Crippen molar-refractivity contribution in [1.29, 1.82) is 0 Å². The van der Waals surface area contributed by atoms with Crippen LogP contribution in [-0.4, -0.2) is 31.2 Å². The van der Waals surface area contributed by atoms with Gasteiger partial charge in [-0.25, -0.2) is 12.7 Å². The molecule has 0 fully saturated rings. The molecule has 0 radical (unpaired) electrons. The number of non-ortho nitro benzene ring substituents is 1. The van der Waals surface area contributed by atoms with Gasteiger partial charge in [-0.1, -0.05) is 13.3 Å². The Balaban J connectivity index is 3.27. The summed E-state index contributed by atoms with van der Waals surface area (Å²) in [6.45, 7) is 2.28. The van der Waals surface area contributed by atoms with Crippen molar-refractivity contribution in [3.8, 4) is 0 Å². The van der Waals surface area contributed by atoms with E-state index in [1.807, 2.05) is 6.92 Å². The number of hydrazine groups is 1. The highest BCUT2D eigenvalue weighted by Crippen LogP contribution is 2.28. The average molecular weight is 302 g/mol. The van der Waals surface area contributed by atoms with Crippen LogP contribution >= 0.6 is 0 Å². The van der Waals surface area contributed by atoms with Gasteiger partial charge in [0.1, 0.15) is 4.90 Å². The number of unbranched alkanes of at least 4 members (excludes halogenated alkanes) is 1. The zero-order chi connectivity index (χ0) is 15.3. The van der Waals surface area contributed by atoms with E-state index in [-0.39, 0.29) is 16.3 Å². The van der Waals surface area contributed by atoms with Gasteiger partial charge in [-0.05, 0) is 12.5 Å². The Bertz CT molecular complexity index is 588. The van der Waals surface area contributed by atoms with E-state index >= 15 is 0 Å². The van der Waals surface area contributed by atoms with Crippen LogP contribution < -0.4 is 11.3 Å². The van der Waals surface area contributed by atoms with Crippen molar-refractivity contribution in [1.82, 2.24) is 4.31 Å². The molecule has 0 aliphatic carbocycles. The van der Waals surface area contributed by atoms with E-state index in [9.17, 15) is 18.5 Å². The number of hydrogen-bond donors (Lipinski definition) is 2. The Kier molecular flexibility index (Phi) is 5.43. The molecule has 9 heteroatoms. The lowest BCUT2D eigenvalue weighted by Crippen LogP contribution is -2.29. The van der Waals surface area contributed by atoms with Crippen molar-refractivity contribution in [3.63, 3.8) is 0 Å². The minimum absolute atomic E-state index is 0.124. The Labute approximate surface area is 117 Å². The van der Waals surface area contributed by atoms with Gasteiger partial charge in [0.2, 0.25) is 10.0 Å². The molecule has 0 atom stereocenters. The molecule has 0 heterocycles. The maximum atomic E-state index is 12.4. The molecule has 20 heavy (non-hydrogen) atoms. The van der Waals surface area contributed by atoms with E-state index in [1.165, 1.54) is 19.2 Å². The fourth-order valence-corrected chi connectivity index (χ4v) is 3.01. The smallest absolute Gasteiger partial charge is 0.270 e. The highest BCUT2D eigenvalue weighted by Gasteiger charge is 2.26. The summed E-state index contributed by atoms with van der Waals surface area (Å²) in [5.41, 5.74) is 2.07. The van der Waals surface area contributed by atoms with Crippen molar-refractivity contribution < 1.29 is 13.3 Å². The van der Waals surface area contributed by atoms with Crippen LogP contribution in [-0.2, 0) is 10.0 Å². The number of nitrogens with two attached hydrogens (primary N) is 1. The molecule has 0 spiro atoms. The fraction of sp³-hybridized carbons (Fsp3) is 0.455. The molecule has 1 aromatic carbocycles. The third-order valence-corrected chi connectivity index (χ3v) is 4.74. The molecule has 0 saturated heterocycles. The van der Waals surface area contributed by atoms with Crippen LogP contribution in [0.15, 0.2) is 23.1 Å². The predicted molar refractivity (Wildman–Crippen MR) is 75.6 cm³/mol. The number of rotatable bonds is 7. The number of nitrogens with one attached hydrogen (secondary N) is 1. The van der Waals surface area contributed by atoms with E-state index in [1.54, 1.807) is 0 Å². The zero-order valence-corrected chi connectivity index (χ0v) is 12.2. The summed E-state index contributed by atoms with van der Waals surface area (Å²) in [5.74, 6) is 5.27. The standard InChI is InChI=1S/C11H18N4O4S/c1-3-4-7-14(2)20(18,19)11-8-9(15(16)17)5-6-10(11)13-12/h5-6,8,13H,3-4,7,12H2,1-2H3. The molecule has 0 saturated carbocycles. The number of nitrogens with zero attached hydrogens (tertiary/aromatic N) is 2. The summed E-state index contributed by atoms with van der Waals surface area (Å²) >= 11 is 0. The van der Waals surface area contributed by atoms with E-state index in [0.29, 0.717) is 13.0 Å². The molecule has 0 bridgehead atoms. The number of hydrogen-bond acceptors (Lipinski definition) is 6. The van der Waals surface area contributed by atoms with Crippen LogP contribution in [0, 0.1) is 10.1 Å². The Morgan fingerprint density at radius 1 is 1.45 bits per heavy atom. The molecule has 112 valence electrons. The maximum Gasteiger partial charge on any atom is 0.270 e. The van der Waals surface area contributed by atoms with Gasteiger partial charge in [-0.3, -0.25) is 16.0 Å². The third kappa shape index (κ3) is 3.44. The molecule has 8 nitrogen and oxygen atoms in total. The molecule has 1 aromatic rings. The average Bonchev–Trinajstić information content (AvgIpc) is 2.43. The van der Waals surface area contributed by atoms with Crippen LogP contribution in [0.5, 0.6) is 0 Å². The Morgan fingerprint density at radius 2 is 2.10 bits per heavy atom. The summed E-state index contributed by atoms with van der Waals surface area (Å²) < 4.78 is 26.0. The topological polar surface area (TPSA) is 119 Å². The molecule has 0 amide bonds. The second-order valence-corrected chi connectivity index (χ2v) is 6.28. The number of anilines is 1. The van der Waals surface area contributed by atoms with Crippen molar-refractivity contribution in [3.05, 3.63) is 28.3 Å². The SMILES string of the molecule is CCCCN(C)S(=O)(=O)c1cc([N+](=O)[O-])ccc1NN. The normalized spacial score (nSPS) is 11.6. The molecular formula is C11H18N4O4S. The quantitative estimate of drug-likeness (QED) is 0.445. The first-order valence-corrected chi connectivity index (χ1v) is 7.50. The first-order valence-electron chi connectivity index (χ1n) is 6.06. The van der Waals surface area contributed by atoms with E-state index < -0.39 is 14.9 Å². The van der Waals surface area contributed by atoms with Crippen LogP contribution in [0.3, 0.4) is 0 Å². The van der Waals surface area contributed by atoms with Gasteiger partial charge >= 0.3 is 0 Å². The number of benzene rings is 1. The minimum Gasteiger partial charge on any atom is -0.323 e. The van der Waals surface area contributed by atoms with Gasteiger partial charge in [0, 0.05) is 25.7 Å². The summed E-state index contributed by atoms with van der Waals surface area (Å²) in [4.78, 5) is 9.92. The van der Waals surface area contributed by atoms with Crippen LogP contribution in [0.4, 0.5) is 11.4 Å². The maximum absolute atomic E-state index is 12.4. The Morgan fingerprint density at radius 3 is 2.60 bits per heavy atom. The molecule has 3 N–H and O–H groups in total. The fourth-order valence-electron chi connectivity index (χ4n) is 1.63. The van der Waals surface area contributed by atoms with Gasteiger partial charge in [0.05, 0.1) is 10.6 Å². The van der Waals surface area contributed by atoms with E-state index in [2.05, 4.69) is 5.43 Å². The van der Waals surface area contributed by atoms with Crippen molar-refractivity contribution in [2.24, 2.45) is 5.84 Å². The molecule has 0 aliphatic rings. The monoisotopic (exact) mass is 302 g/mol. The van der Waals surface area contributed by atoms with Gasteiger partial charge in [-0.2, -0.15) is 0 Å². The minimum atomic E-state index is -3.82. The number of nitro benzene ring substituents is 1. The Hall–Kier alpha value is -1.71. The lowest BCUT2D eigenvalue weighted by atomic mass is 10.3. The zero-order valence-electron chi connectivity index (χ0n) is 11.4. The predicted octanol–water partition coefficient (Wildman–Crippen LogP) is 1.30. The molecule has 0 unspecified atom stereocenters. The van der Waals surface area contributed by atoms with Crippen molar-refractivity contribution >= 4 is 21.4 Å². The largest absolute Gasteiger partial charge is 0.323 e. The van der Waals surface area contributed by atoms with Crippen molar-refractivity contribution in [2.45, 2.75) is 24.7 Å². The highest BCUT2D eigenvalue weighted by molar-refractivity contribution is 7.89. The lowest BCUT2D eigenvalue weighted by Gasteiger charge is -2.18. The molecule has 0 aromatic heterocycles. The lowest BCUT2D eigenvalue weighted by molar-refractivity contribution is -0.385. The summed E-state index contributed by atoms with van der Waals surface area (Å²) in [5, 5.41) is 10.8. The van der Waals surface area contributed by atoms with Gasteiger partial charge in [0.15, 0.2) is 0 Å². The van der Waals surface area contributed by atoms with Crippen LogP contribution in [0.25, 0.3) is 0 Å². The molecular weight excluding hydrogens is 284 g/mol. The third-order valence-electron chi connectivity index (χ3n) is 2.85. The van der Waals surface area contributed by atoms with E-state index in [4.69, 9.17) is 5.84 Å². The van der Waals surface area contributed by atoms with Crippen molar-refractivity contribution in [2.75, 3.05) is 19.0 Å². The summed E-state index contributed by atoms with van der Waals surface area (Å²) in [7, 11) is -2.39. The number of nitrogen functional groups attached to an aromatic ring is 1. The second kappa shape index (κ2) is 6.64. The summed E-state index contributed by atoms with van der Waals surface area (Å²) in [6.07, 6.45) is 1.55. The van der Waals surface area contributed by atoms with Gasteiger partial charge < -0.3 is 5.43 Å². The number of sulfonamides is 1. The number of nitro groups is 1. The highest BCUT2D eigenvalue weighted by atomic mass is 32.2. The van der Waals surface area contributed by atoms with Gasteiger partial charge in [-0.15, -0.1) is 0 Å². The van der Waals surface area contributed by atoms with Crippen LogP contribution in [0.1, 0.15) is 19.8 Å². The van der Waals surface area contributed by atoms with Crippen LogP contribution in [0.2, 0.25) is 0 Å². The first kappa shape index (κ1) is 16.3. The molecule has 1 rings (SSSR count). The molecule has 0 aliphatic heterocycles. The summed E-state index contributed by atoms with van der Waals surface area (Å²) in [6, 6.07) is 3.48. The van der Waals surface area contributed by atoms with E-state index in [0.717, 1.165) is 16.8 Å². The first-order chi connectivity index (χ1) is 9.34. The van der Waals surface area contributed by atoms with Gasteiger partial charge in [0.25, 0.3) is 5.69 Å².